The molecule has 0 saturated heterocycles. The molecule has 0 radical (unpaired) electrons. The average Bonchev–Trinajstić information content (AvgIpc) is 3.00. The maximum atomic E-state index is 10.5. The van der Waals surface area contributed by atoms with Crippen molar-refractivity contribution in [3.8, 4) is 0 Å². The summed E-state index contributed by atoms with van der Waals surface area (Å²) in [5.41, 5.74) is 0. The van der Waals surface area contributed by atoms with E-state index in [4.69, 9.17) is 5.11 Å². The Morgan fingerprint density at radius 3 is 0.791 bits per heavy atom. The molecule has 0 amide bonds. The largest absolute Gasteiger partial charge is 0.481 e. The number of hydrogen-bond acceptors (Lipinski definition) is 2. The smallest absolute Gasteiger partial charge is 0.303 e. The SMILES string of the molecule is CCCCCCCCCCCCCCCCNCCCCCCCCCCCCCCCCCCCCCCCC(=O)O. The van der Waals surface area contributed by atoms with Crippen LogP contribution in [0.4, 0.5) is 0 Å². The second kappa shape index (κ2) is 39.5. The highest BCUT2D eigenvalue weighted by molar-refractivity contribution is 5.66. The quantitative estimate of drug-likeness (QED) is 0.0683. The molecule has 3 heteroatoms. The molecule has 3 nitrogen and oxygen atoms in total. The summed E-state index contributed by atoms with van der Waals surface area (Å²) in [6.07, 6.45) is 49.2. The number of hydrogen-bond donors (Lipinski definition) is 2. The van der Waals surface area contributed by atoms with Gasteiger partial charge in [-0.05, 0) is 32.4 Å². The Morgan fingerprint density at radius 2 is 0.558 bits per heavy atom. The third-order valence-corrected chi connectivity index (χ3v) is 9.45. The van der Waals surface area contributed by atoms with Crippen molar-refractivity contribution in [2.45, 2.75) is 238 Å². The van der Waals surface area contributed by atoms with Gasteiger partial charge in [0.1, 0.15) is 0 Å². The zero-order chi connectivity index (χ0) is 31.2. The number of unbranched alkanes of at least 4 members (excludes halogenated alkanes) is 33. The van der Waals surface area contributed by atoms with Crippen LogP contribution in [0.5, 0.6) is 0 Å². The van der Waals surface area contributed by atoms with Gasteiger partial charge < -0.3 is 10.4 Å². The molecule has 0 rings (SSSR count). The first-order valence-corrected chi connectivity index (χ1v) is 20.2. The summed E-state index contributed by atoms with van der Waals surface area (Å²) in [4.78, 5) is 10.5. The molecule has 43 heavy (non-hydrogen) atoms. The molecule has 0 saturated carbocycles. The summed E-state index contributed by atoms with van der Waals surface area (Å²) >= 11 is 0. The minimum Gasteiger partial charge on any atom is -0.481 e. The van der Waals surface area contributed by atoms with Crippen molar-refractivity contribution >= 4 is 5.97 Å². The minimum atomic E-state index is -0.648. The zero-order valence-electron chi connectivity index (χ0n) is 29.7. The van der Waals surface area contributed by atoms with Gasteiger partial charge in [0.2, 0.25) is 0 Å². The van der Waals surface area contributed by atoms with Gasteiger partial charge in [0.25, 0.3) is 0 Å². The Hall–Kier alpha value is -0.570. The Bertz CT molecular complexity index is 509. The monoisotopic (exact) mass is 608 g/mol. The second-order valence-corrected chi connectivity index (χ2v) is 13.9. The molecule has 0 aliphatic heterocycles. The van der Waals surface area contributed by atoms with Crippen LogP contribution in [0.1, 0.15) is 238 Å². The van der Waals surface area contributed by atoms with Crippen LogP contribution < -0.4 is 5.32 Å². The molecule has 0 aromatic heterocycles. The molecule has 0 spiro atoms. The van der Waals surface area contributed by atoms with Crippen molar-refractivity contribution in [3.05, 3.63) is 0 Å². The number of rotatable bonds is 39. The topological polar surface area (TPSA) is 49.3 Å². The lowest BCUT2D eigenvalue weighted by Crippen LogP contribution is -2.16. The lowest BCUT2D eigenvalue weighted by atomic mass is 10.0. The number of carboxylic acid groups (broad SMARTS) is 1. The van der Waals surface area contributed by atoms with Crippen LogP contribution in [-0.2, 0) is 4.79 Å². The molecular weight excluding hydrogens is 526 g/mol. The van der Waals surface area contributed by atoms with E-state index in [1.807, 2.05) is 0 Å². The van der Waals surface area contributed by atoms with Crippen molar-refractivity contribution in [1.29, 1.82) is 0 Å². The van der Waals surface area contributed by atoms with E-state index in [2.05, 4.69) is 12.2 Å². The van der Waals surface area contributed by atoms with E-state index >= 15 is 0 Å². The summed E-state index contributed by atoms with van der Waals surface area (Å²) < 4.78 is 0. The molecule has 0 bridgehead atoms. The van der Waals surface area contributed by atoms with Crippen LogP contribution in [0.3, 0.4) is 0 Å². The van der Waals surface area contributed by atoms with Gasteiger partial charge in [-0.15, -0.1) is 0 Å². The van der Waals surface area contributed by atoms with Crippen molar-refractivity contribution in [2.75, 3.05) is 13.1 Å². The van der Waals surface area contributed by atoms with Gasteiger partial charge in [-0.1, -0.05) is 212 Å². The maximum absolute atomic E-state index is 10.5. The van der Waals surface area contributed by atoms with Gasteiger partial charge >= 0.3 is 5.97 Å². The lowest BCUT2D eigenvalue weighted by molar-refractivity contribution is -0.137. The van der Waals surface area contributed by atoms with Crippen molar-refractivity contribution in [2.24, 2.45) is 0 Å². The molecule has 0 aliphatic rings. The Balaban J connectivity index is 3.03. The Kier molecular flexibility index (Phi) is 38.9. The highest BCUT2D eigenvalue weighted by Gasteiger charge is 1.98. The summed E-state index contributed by atoms with van der Waals surface area (Å²) in [6, 6.07) is 0. The molecule has 0 unspecified atom stereocenters. The molecule has 0 aromatic rings. The van der Waals surface area contributed by atoms with E-state index in [0.29, 0.717) is 6.42 Å². The van der Waals surface area contributed by atoms with E-state index in [9.17, 15) is 4.79 Å². The summed E-state index contributed by atoms with van der Waals surface area (Å²) in [7, 11) is 0. The summed E-state index contributed by atoms with van der Waals surface area (Å²) in [6.45, 7) is 4.77. The van der Waals surface area contributed by atoms with Crippen molar-refractivity contribution < 1.29 is 9.90 Å². The van der Waals surface area contributed by atoms with Gasteiger partial charge in [0, 0.05) is 6.42 Å². The Morgan fingerprint density at radius 1 is 0.349 bits per heavy atom. The van der Waals surface area contributed by atoms with Crippen LogP contribution in [0.25, 0.3) is 0 Å². The molecule has 2 N–H and O–H groups in total. The van der Waals surface area contributed by atoms with Crippen LogP contribution in [0.2, 0.25) is 0 Å². The highest BCUT2D eigenvalue weighted by Crippen LogP contribution is 2.16. The van der Waals surface area contributed by atoms with Gasteiger partial charge in [0.05, 0.1) is 0 Å². The molecule has 0 atom stereocenters. The number of aliphatic carboxylic acids is 1. The van der Waals surface area contributed by atoms with E-state index in [1.165, 1.54) is 225 Å². The third kappa shape index (κ3) is 41.4. The van der Waals surface area contributed by atoms with Gasteiger partial charge in [-0.25, -0.2) is 0 Å². The summed E-state index contributed by atoms with van der Waals surface area (Å²) in [5, 5.41) is 12.3. The first-order chi connectivity index (χ1) is 21.3. The predicted octanol–water partition coefficient (Wildman–Crippen LogP) is 13.7. The molecule has 0 aromatic carbocycles. The first-order valence-electron chi connectivity index (χ1n) is 20.2. The third-order valence-electron chi connectivity index (χ3n) is 9.45. The van der Waals surface area contributed by atoms with Crippen molar-refractivity contribution in [3.63, 3.8) is 0 Å². The van der Waals surface area contributed by atoms with Gasteiger partial charge in [0.15, 0.2) is 0 Å². The Labute approximate surface area is 271 Å². The standard InChI is InChI=1S/C40H81NO2/c1-2-3-4-5-6-7-8-9-20-23-26-29-32-35-38-41-39-36-33-30-27-24-21-18-16-14-12-10-11-13-15-17-19-22-25-28-31-34-37-40(42)43/h41H,2-39H2,1H3,(H,42,43). The van der Waals surface area contributed by atoms with E-state index in [1.54, 1.807) is 0 Å². The van der Waals surface area contributed by atoms with Crippen LogP contribution in [0, 0.1) is 0 Å². The highest BCUT2D eigenvalue weighted by atomic mass is 16.4. The average molecular weight is 608 g/mol. The second-order valence-electron chi connectivity index (χ2n) is 13.9. The van der Waals surface area contributed by atoms with Crippen LogP contribution >= 0.6 is 0 Å². The molecule has 0 heterocycles. The summed E-state index contributed by atoms with van der Waals surface area (Å²) in [5.74, 6) is -0.648. The number of carboxylic acids is 1. The lowest BCUT2D eigenvalue weighted by Gasteiger charge is -2.06. The van der Waals surface area contributed by atoms with E-state index in [0.717, 1.165) is 12.8 Å². The van der Waals surface area contributed by atoms with Crippen LogP contribution in [-0.4, -0.2) is 24.2 Å². The molecule has 258 valence electrons. The number of nitrogens with one attached hydrogen (secondary N) is 1. The van der Waals surface area contributed by atoms with E-state index < -0.39 is 5.97 Å². The van der Waals surface area contributed by atoms with Crippen molar-refractivity contribution in [1.82, 2.24) is 5.32 Å². The molecular formula is C40H81NO2. The minimum absolute atomic E-state index is 0.345. The van der Waals surface area contributed by atoms with Crippen LogP contribution in [0.15, 0.2) is 0 Å². The fourth-order valence-corrected chi connectivity index (χ4v) is 6.45. The van der Waals surface area contributed by atoms with E-state index in [-0.39, 0.29) is 0 Å². The predicted molar refractivity (Wildman–Crippen MR) is 192 cm³/mol. The fraction of sp³-hybridized carbons (Fsp3) is 0.975. The van der Waals surface area contributed by atoms with Gasteiger partial charge in [-0.2, -0.15) is 0 Å². The molecule has 0 aliphatic carbocycles. The zero-order valence-corrected chi connectivity index (χ0v) is 29.7. The number of carbonyl (C=O) groups is 1. The first kappa shape index (κ1) is 42.4. The normalized spacial score (nSPS) is 11.5. The fourth-order valence-electron chi connectivity index (χ4n) is 6.45. The molecule has 0 fully saturated rings. The maximum Gasteiger partial charge on any atom is 0.303 e. The van der Waals surface area contributed by atoms with Gasteiger partial charge in [-0.3, -0.25) is 4.79 Å².